The van der Waals surface area contributed by atoms with Crippen LogP contribution in [0, 0.1) is 12.7 Å². The molecular weight excluding hydrogens is 235 g/mol. The first kappa shape index (κ1) is 14.4. The number of hydrogen-bond acceptors (Lipinski definition) is 3. The Bertz CT molecular complexity index is 447. The molecule has 4 nitrogen and oxygen atoms in total. The van der Waals surface area contributed by atoms with Crippen LogP contribution in [0.5, 0.6) is 0 Å². The van der Waals surface area contributed by atoms with E-state index < -0.39 is 17.8 Å². The quantitative estimate of drug-likeness (QED) is 0.714. The number of nitrogens with two attached hydrogens (primary N) is 1. The summed E-state index contributed by atoms with van der Waals surface area (Å²) in [7, 11) is 0. The lowest BCUT2D eigenvalue weighted by molar-refractivity contribution is 0.0919. The van der Waals surface area contributed by atoms with Crippen molar-refractivity contribution in [2.45, 2.75) is 39.3 Å². The van der Waals surface area contributed by atoms with Gasteiger partial charge < -0.3 is 16.2 Å². The number of halogens is 1. The van der Waals surface area contributed by atoms with E-state index in [0.717, 1.165) is 0 Å². The molecule has 1 rings (SSSR count). The van der Waals surface area contributed by atoms with Crippen LogP contribution >= 0.6 is 0 Å². The van der Waals surface area contributed by atoms with Crippen molar-refractivity contribution in [2.24, 2.45) is 0 Å². The second-order valence-corrected chi connectivity index (χ2v) is 4.66. The smallest absolute Gasteiger partial charge is 0.254 e. The number of anilines is 1. The number of aliphatic hydroxyl groups excluding tert-OH is 1. The number of amides is 1. The number of aliphatic hydroxyl groups is 1. The Morgan fingerprint density at radius 2 is 2.11 bits per heavy atom. The summed E-state index contributed by atoms with van der Waals surface area (Å²) < 4.78 is 13.8. The van der Waals surface area contributed by atoms with E-state index in [1.165, 1.54) is 12.1 Å². The predicted octanol–water partition coefficient (Wildman–Crippen LogP) is 1.61. The molecule has 18 heavy (non-hydrogen) atoms. The number of nitrogens with one attached hydrogen (secondary N) is 1. The standard InChI is InChI=1S/C13H19FN2O2/c1-7-4-10(15)6-11(12(7)14)13(18)16-8(2)5-9(3)17/h4,6,8-9,17H,5,15H2,1-3H3,(H,16,18). The Hall–Kier alpha value is -1.62. The van der Waals surface area contributed by atoms with Gasteiger partial charge in [0.05, 0.1) is 11.7 Å². The van der Waals surface area contributed by atoms with Crippen molar-refractivity contribution in [3.05, 3.63) is 29.1 Å². The molecule has 1 amide bonds. The summed E-state index contributed by atoms with van der Waals surface area (Å²) in [6.45, 7) is 4.94. The fraction of sp³-hybridized carbons (Fsp3) is 0.462. The number of carbonyl (C=O) groups is 1. The van der Waals surface area contributed by atoms with Gasteiger partial charge in [0.15, 0.2) is 0 Å². The van der Waals surface area contributed by atoms with Gasteiger partial charge in [0.1, 0.15) is 5.82 Å². The highest BCUT2D eigenvalue weighted by atomic mass is 19.1. The third-order valence-corrected chi connectivity index (χ3v) is 2.59. The van der Waals surface area contributed by atoms with E-state index in [0.29, 0.717) is 17.7 Å². The van der Waals surface area contributed by atoms with Crippen LogP contribution in [0.15, 0.2) is 12.1 Å². The average molecular weight is 254 g/mol. The number of nitrogen functional groups attached to an aromatic ring is 1. The van der Waals surface area contributed by atoms with Crippen LogP contribution in [0.4, 0.5) is 10.1 Å². The largest absolute Gasteiger partial charge is 0.399 e. The fourth-order valence-electron chi connectivity index (χ4n) is 1.83. The average Bonchev–Trinajstić information content (AvgIpc) is 2.21. The zero-order valence-corrected chi connectivity index (χ0v) is 10.8. The molecule has 0 aromatic heterocycles. The van der Waals surface area contributed by atoms with Crippen LogP contribution in [0.2, 0.25) is 0 Å². The first-order chi connectivity index (χ1) is 8.31. The van der Waals surface area contributed by atoms with Gasteiger partial charge in [-0.1, -0.05) is 0 Å². The maximum Gasteiger partial charge on any atom is 0.254 e. The van der Waals surface area contributed by atoms with Crippen molar-refractivity contribution in [2.75, 3.05) is 5.73 Å². The van der Waals surface area contributed by atoms with E-state index in [4.69, 9.17) is 5.73 Å². The number of carbonyl (C=O) groups excluding carboxylic acids is 1. The molecule has 0 radical (unpaired) electrons. The van der Waals surface area contributed by atoms with E-state index in [9.17, 15) is 14.3 Å². The number of rotatable bonds is 4. The molecule has 0 heterocycles. The zero-order chi connectivity index (χ0) is 13.9. The van der Waals surface area contributed by atoms with E-state index in [2.05, 4.69) is 5.32 Å². The van der Waals surface area contributed by atoms with Crippen LogP contribution in [0.1, 0.15) is 36.2 Å². The van der Waals surface area contributed by atoms with Gasteiger partial charge in [-0.2, -0.15) is 0 Å². The summed E-state index contributed by atoms with van der Waals surface area (Å²) in [6.07, 6.45) is -0.109. The minimum atomic E-state index is -0.564. The minimum absolute atomic E-state index is 0.0649. The van der Waals surface area contributed by atoms with E-state index in [1.807, 2.05) is 0 Å². The number of benzene rings is 1. The van der Waals surface area contributed by atoms with Gasteiger partial charge in [-0.05, 0) is 44.9 Å². The molecule has 0 aliphatic rings. The van der Waals surface area contributed by atoms with Crippen molar-refractivity contribution >= 4 is 11.6 Å². The minimum Gasteiger partial charge on any atom is -0.399 e. The molecule has 0 aliphatic heterocycles. The van der Waals surface area contributed by atoms with Crippen LogP contribution in [-0.2, 0) is 0 Å². The highest BCUT2D eigenvalue weighted by Gasteiger charge is 2.17. The Balaban J connectivity index is 2.85. The maximum atomic E-state index is 13.8. The summed E-state index contributed by atoms with van der Waals surface area (Å²) in [5.74, 6) is -1.08. The molecule has 0 saturated heterocycles. The van der Waals surface area contributed by atoms with Gasteiger partial charge in [-0.25, -0.2) is 4.39 Å². The van der Waals surface area contributed by atoms with E-state index in [-0.39, 0.29) is 11.6 Å². The lowest BCUT2D eigenvalue weighted by Crippen LogP contribution is -2.35. The van der Waals surface area contributed by atoms with Gasteiger partial charge in [-0.15, -0.1) is 0 Å². The Morgan fingerprint density at radius 1 is 1.50 bits per heavy atom. The molecule has 2 atom stereocenters. The third-order valence-electron chi connectivity index (χ3n) is 2.59. The molecule has 1 aromatic carbocycles. The summed E-state index contributed by atoms with van der Waals surface area (Å²) in [4.78, 5) is 11.9. The zero-order valence-electron chi connectivity index (χ0n) is 10.8. The first-order valence-corrected chi connectivity index (χ1v) is 5.85. The Labute approximate surface area is 106 Å². The molecule has 0 saturated carbocycles. The van der Waals surface area contributed by atoms with Crippen LogP contribution in [-0.4, -0.2) is 23.2 Å². The second-order valence-electron chi connectivity index (χ2n) is 4.66. The molecule has 0 fully saturated rings. The molecule has 4 N–H and O–H groups in total. The SMILES string of the molecule is Cc1cc(N)cc(C(=O)NC(C)CC(C)O)c1F. The maximum absolute atomic E-state index is 13.8. The van der Waals surface area contributed by atoms with Crippen molar-refractivity contribution in [1.82, 2.24) is 5.32 Å². The first-order valence-electron chi connectivity index (χ1n) is 5.85. The number of aryl methyl sites for hydroxylation is 1. The predicted molar refractivity (Wildman–Crippen MR) is 68.8 cm³/mol. The number of hydrogen-bond donors (Lipinski definition) is 3. The van der Waals surface area contributed by atoms with Gasteiger partial charge in [0.2, 0.25) is 0 Å². The molecule has 2 unspecified atom stereocenters. The second kappa shape index (κ2) is 5.82. The summed E-state index contributed by atoms with van der Waals surface area (Å²) in [5, 5.41) is 11.8. The molecule has 0 bridgehead atoms. The fourth-order valence-corrected chi connectivity index (χ4v) is 1.83. The van der Waals surface area contributed by atoms with Crippen molar-refractivity contribution in [3.8, 4) is 0 Å². The Kier molecular flexibility index (Phi) is 4.67. The topological polar surface area (TPSA) is 75.4 Å². The van der Waals surface area contributed by atoms with Gasteiger partial charge in [-0.3, -0.25) is 4.79 Å². The molecule has 0 aliphatic carbocycles. The molecule has 1 aromatic rings. The van der Waals surface area contributed by atoms with Gasteiger partial charge >= 0.3 is 0 Å². The van der Waals surface area contributed by atoms with E-state index >= 15 is 0 Å². The normalized spacial score (nSPS) is 14.1. The molecule has 5 heteroatoms. The lowest BCUT2D eigenvalue weighted by Gasteiger charge is -2.16. The van der Waals surface area contributed by atoms with Gasteiger partial charge in [0, 0.05) is 11.7 Å². The van der Waals surface area contributed by atoms with Gasteiger partial charge in [0.25, 0.3) is 5.91 Å². The molecule has 100 valence electrons. The monoisotopic (exact) mass is 254 g/mol. The molecular formula is C13H19FN2O2. The van der Waals surface area contributed by atoms with Crippen LogP contribution in [0.25, 0.3) is 0 Å². The molecule has 0 spiro atoms. The van der Waals surface area contributed by atoms with Crippen LogP contribution < -0.4 is 11.1 Å². The van der Waals surface area contributed by atoms with Crippen molar-refractivity contribution in [3.63, 3.8) is 0 Å². The van der Waals surface area contributed by atoms with Crippen LogP contribution in [0.3, 0.4) is 0 Å². The van der Waals surface area contributed by atoms with Crippen molar-refractivity contribution < 1.29 is 14.3 Å². The lowest BCUT2D eigenvalue weighted by atomic mass is 10.1. The highest BCUT2D eigenvalue weighted by molar-refractivity contribution is 5.95. The summed E-state index contributed by atoms with van der Waals surface area (Å²) in [5.41, 5.74) is 6.21. The summed E-state index contributed by atoms with van der Waals surface area (Å²) >= 11 is 0. The highest BCUT2D eigenvalue weighted by Crippen LogP contribution is 2.17. The van der Waals surface area contributed by atoms with E-state index in [1.54, 1.807) is 20.8 Å². The third kappa shape index (κ3) is 3.70. The Morgan fingerprint density at radius 3 is 2.67 bits per heavy atom. The van der Waals surface area contributed by atoms with Crippen molar-refractivity contribution in [1.29, 1.82) is 0 Å². The summed E-state index contributed by atoms with van der Waals surface area (Å²) in [6, 6.07) is 2.55.